The number of aromatic nitrogens is 2. The van der Waals surface area contributed by atoms with E-state index in [4.69, 9.17) is 9.47 Å². The number of imide groups is 1. The van der Waals surface area contributed by atoms with Crippen LogP contribution in [-0.4, -0.2) is 76.2 Å². The number of amides is 3. The molecule has 2 saturated carbocycles. The van der Waals surface area contributed by atoms with Gasteiger partial charge in [-0.25, -0.2) is 9.59 Å². The van der Waals surface area contributed by atoms with E-state index >= 15 is 0 Å². The molecule has 1 saturated heterocycles. The predicted octanol–water partition coefficient (Wildman–Crippen LogP) is 5.88. The molecular weight excluding hydrogens is 622 g/mol. The summed E-state index contributed by atoms with van der Waals surface area (Å²) in [5.41, 5.74) is 2.85. The van der Waals surface area contributed by atoms with Crippen molar-refractivity contribution in [2.24, 2.45) is 18.4 Å². The maximum Gasteiger partial charge on any atom is 0.410 e. The SMILES string of the molecule is COc1ccc(CN2C(=O)CCC(n3c(=O)n(C)c4c(N(C)CC5CC6(CCC(N(C)C(=O)OC(C)(C)C)CC6)C5)cccc43)C2=O)cc1. The molecule has 3 amide bonds. The molecular formula is C38H51N5O6. The van der Waals surface area contributed by atoms with Crippen LogP contribution in [0.15, 0.2) is 47.3 Å². The minimum absolute atomic E-state index is 0.148. The van der Waals surface area contributed by atoms with Crippen LogP contribution in [0.2, 0.25) is 0 Å². The first-order valence-electron chi connectivity index (χ1n) is 17.5. The lowest BCUT2D eigenvalue weighted by Crippen LogP contribution is -2.49. The average molecular weight is 674 g/mol. The Morgan fingerprint density at radius 1 is 0.980 bits per heavy atom. The summed E-state index contributed by atoms with van der Waals surface area (Å²) < 4.78 is 14.1. The Labute approximate surface area is 288 Å². The van der Waals surface area contributed by atoms with Crippen molar-refractivity contribution in [1.82, 2.24) is 18.9 Å². The fourth-order valence-electron chi connectivity index (χ4n) is 8.44. The van der Waals surface area contributed by atoms with Crippen LogP contribution in [0.4, 0.5) is 10.5 Å². The third-order valence-electron chi connectivity index (χ3n) is 11.0. The van der Waals surface area contributed by atoms with E-state index in [0.29, 0.717) is 22.6 Å². The van der Waals surface area contributed by atoms with Gasteiger partial charge >= 0.3 is 11.8 Å². The Hall–Kier alpha value is -4.28. The van der Waals surface area contributed by atoms with Gasteiger partial charge < -0.3 is 19.3 Å². The van der Waals surface area contributed by atoms with Gasteiger partial charge in [0, 0.05) is 40.2 Å². The molecule has 1 spiro atoms. The molecule has 11 heteroatoms. The number of piperidine rings is 1. The molecule has 6 rings (SSSR count). The molecule has 0 radical (unpaired) electrons. The monoisotopic (exact) mass is 673 g/mol. The van der Waals surface area contributed by atoms with Crippen molar-refractivity contribution in [3.8, 4) is 5.75 Å². The summed E-state index contributed by atoms with van der Waals surface area (Å²) in [6, 6.07) is 12.6. The molecule has 1 atom stereocenters. The molecule has 2 heterocycles. The molecule has 2 aliphatic carbocycles. The number of anilines is 1. The number of rotatable bonds is 8. The number of methoxy groups -OCH3 is 1. The van der Waals surface area contributed by atoms with E-state index in [2.05, 4.69) is 11.9 Å². The van der Waals surface area contributed by atoms with Gasteiger partial charge in [0.2, 0.25) is 5.91 Å². The average Bonchev–Trinajstić information content (AvgIpc) is 3.30. The Morgan fingerprint density at radius 3 is 2.29 bits per heavy atom. The zero-order chi connectivity index (χ0) is 35.2. The number of nitrogens with zero attached hydrogens (tertiary/aromatic N) is 5. The minimum atomic E-state index is -0.760. The predicted molar refractivity (Wildman–Crippen MR) is 189 cm³/mol. The first-order chi connectivity index (χ1) is 23.2. The first-order valence-corrected chi connectivity index (χ1v) is 17.5. The molecule has 3 aliphatic rings. The van der Waals surface area contributed by atoms with Crippen LogP contribution in [0.3, 0.4) is 0 Å². The van der Waals surface area contributed by atoms with Crippen molar-refractivity contribution in [3.05, 3.63) is 58.5 Å². The molecule has 11 nitrogen and oxygen atoms in total. The number of benzene rings is 2. The second-order valence-electron chi connectivity index (χ2n) is 15.6. The number of ether oxygens (including phenoxy) is 2. The third-order valence-corrected chi connectivity index (χ3v) is 11.0. The number of carbonyl (C=O) groups is 3. The summed E-state index contributed by atoms with van der Waals surface area (Å²) >= 11 is 0. The molecule has 0 N–H and O–H groups in total. The summed E-state index contributed by atoms with van der Waals surface area (Å²) in [4.78, 5) is 58.5. The van der Waals surface area contributed by atoms with Gasteiger partial charge in [0.25, 0.3) is 5.91 Å². The maximum absolute atomic E-state index is 13.8. The number of aryl methyl sites for hydroxylation is 1. The lowest BCUT2D eigenvalue weighted by Gasteiger charge is -2.53. The minimum Gasteiger partial charge on any atom is -0.497 e. The van der Waals surface area contributed by atoms with Gasteiger partial charge in [0.05, 0.1) is 30.4 Å². The Kier molecular flexibility index (Phi) is 9.32. The normalized spacial score (nSPS) is 24.2. The number of para-hydroxylation sites is 1. The number of imidazole rings is 1. The number of carbonyl (C=O) groups excluding carboxylic acids is 3. The van der Waals surface area contributed by atoms with Gasteiger partial charge in [0.15, 0.2) is 0 Å². The summed E-state index contributed by atoms with van der Waals surface area (Å²) in [6.07, 6.45) is 6.77. The van der Waals surface area contributed by atoms with Gasteiger partial charge in [-0.3, -0.25) is 23.6 Å². The molecule has 3 fully saturated rings. The highest BCUT2D eigenvalue weighted by molar-refractivity contribution is 6.00. The second kappa shape index (κ2) is 13.2. The summed E-state index contributed by atoms with van der Waals surface area (Å²) in [5.74, 6) is 0.655. The van der Waals surface area contributed by atoms with E-state index in [9.17, 15) is 19.2 Å². The zero-order valence-corrected chi connectivity index (χ0v) is 30.0. The summed E-state index contributed by atoms with van der Waals surface area (Å²) in [6.45, 7) is 6.71. The van der Waals surface area contributed by atoms with E-state index in [1.807, 2.05) is 58.2 Å². The second-order valence-corrected chi connectivity index (χ2v) is 15.6. The number of likely N-dealkylation sites (tertiary alicyclic amines) is 1. The zero-order valence-electron chi connectivity index (χ0n) is 30.0. The van der Waals surface area contributed by atoms with Crippen LogP contribution in [-0.2, 0) is 27.9 Å². The molecule has 1 aliphatic heterocycles. The third kappa shape index (κ3) is 6.81. The first kappa shape index (κ1) is 34.6. The lowest BCUT2D eigenvalue weighted by molar-refractivity contribution is -0.151. The van der Waals surface area contributed by atoms with Crippen molar-refractivity contribution in [2.45, 2.75) is 96.4 Å². The van der Waals surface area contributed by atoms with Crippen molar-refractivity contribution >= 4 is 34.6 Å². The highest BCUT2D eigenvalue weighted by Gasteiger charge is 2.47. The fourth-order valence-corrected chi connectivity index (χ4v) is 8.44. The van der Waals surface area contributed by atoms with E-state index in [0.717, 1.165) is 61.8 Å². The quantitative estimate of drug-likeness (QED) is 0.275. The molecule has 3 aromatic rings. The molecule has 0 bridgehead atoms. The largest absolute Gasteiger partial charge is 0.497 e. The van der Waals surface area contributed by atoms with Crippen molar-refractivity contribution in [3.63, 3.8) is 0 Å². The topological polar surface area (TPSA) is 106 Å². The molecule has 1 aromatic heterocycles. The molecule has 264 valence electrons. The van der Waals surface area contributed by atoms with Crippen LogP contribution < -0.4 is 15.3 Å². The van der Waals surface area contributed by atoms with E-state index in [1.165, 1.54) is 4.90 Å². The van der Waals surface area contributed by atoms with Gasteiger partial charge in [-0.1, -0.05) is 18.2 Å². The van der Waals surface area contributed by atoms with Crippen LogP contribution in [0.25, 0.3) is 11.0 Å². The highest BCUT2D eigenvalue weighted by atomic mass is 16.6. The number of hydrogen-bond acceptors (Lipinski definition) is 7. The molecule has 49 heavy (non-hydrogen) atoms. The Morgan fingerprint density at radius 2 is 1.65 bits per heavy atom. The van der Waals surface area contributed by atoms with E-state index < -0.39 is 11.6 Å². The van der Waals surface area contributed by atoms with Gasteiger partial charge in [-0.05, 0) is 107 Å². The lowest BCUT2D eigenvalue weighted by atomic mass is 9.55. The highest BCUT2D eigenvalue weighted by Crippen LogP contribution is 2.55. The maximum atomic E-state index is 13.8. The fraction of sp³-hybridized carbons (Fsp3) is 0.579. The van der Waals surface area contributed by atoms with E-state index in [-0.39, 0.29) is 49.0 Å². The van der Waals surface area contributed by atoms with Gasteiger partial charge in [0.1, 0.15) is 17.4 Å². The van der Waals surface area contributed by atoms with Gasteiger partial charge in [-0.2, -0.15) is 0 Å². The Balaban J connectivity index is 1.12. The van der Waals surface area contributed by atoms with Crippen molar-refractivity contribution < 1.29 is 23.9 Å². The Bertz CT molecular complexity index is 1770. The van der Waals surface area contributed by atoms with Crippen molar-refractivity contribution in [2.75, 3.05) is 32.6 Å². The number of hydrogen-bond donors (Lipinski definition) is 0. The van der Waals surface area contributed by atoms with Crippen LogP contribution in [0, 0.1) is 11.3 Å². The van der Waals surface area contributed by atoms with Crippen LogP contribution in [0.5, 0.6) is 5.75 Å². The van der Waals surface area contributed by atoms with Crippen LogP contribution >= 0.6 is 0 Å². The molecule has 1 unspecified atom stereocenters. The molecule has 2 aromatic carbocycles. The van der Waals surface area contributed by atoms with E-state index in [1.54, 1.807) is 40.3 Å². The van der Waals surface area contributed by atoms with Crippen LogP contribution in [0.1, 0.15) is 83.7 Å². The standard InChI is InChI=1S/C38H51N5O6/c1-37(2,3)49-36(47)40(5)27-17-19-38(20-18-27)21-26(22-38)23-39(4)29-9-8-10-30-33(29)41(6)35(46)43(30)31-15-16-32(44)42(34(31)45)24-25-11-13-28(48-7)14-12-25/h8-14,26-27,31H,15-24H2,1-7H3. The summed E-state index contributed by atoms with van der Waals surface area (Å²) in [5, 5.41) is 0. The van der Waals surface area contributed by atoms with Gasteiger partial charge in [-0.15, -0.1) is 0 Å². The van der Waals surface area contributed by atoms with Crippen molar-refractivity contribution in [1.29, 1.82) is 0 Å². The smallest absolute Gasteiger partial charge is 0.410 e. The summed E-state index contributed by atoms with van der Waals surface area (Å²) in [7, 11) is 7.29. The number of fused-ring (bicyclic) bond motifs is 1.